The van der Waals surface area contributed by atoms with Gasteiger partial charge in [-0.25, -0.2) is 0 Å². The molecule has 0 saturated carbocycles. The van der Waals surface area contributed by atoms with E-state index in [1.807, 2.05) is 24.3 Å². The Hall–Kier alpha value is -2.02. The van der Waals surface area contributed by atoms with Crippen molar-refractivity contribution in [2.45, 2.75) is 38.1 Å². The maximum Gasteiger partial charge on any atom is 0.303 e. The molecule has 0 aliphatic carbocycles. The first-order valence-electron chi connectivity index (χ1n) is 6.70. The lowest BCUT2D eigenvalue weighted by Gasteiger charge is -2.38. The molecule has 0 aromatic heterocycles. The van der Waals surface area contributed by atoms with E-state index in [0.717, 1.165) is 31.5 Å². The van der Waals surface area contributed by atoms with E-state index in [4.69, 9.17) is 5.11 Å². The number of piperidine rings is 1. The Balaban J connectivity index is 2.19. The van der Waals surface area contributed by atoms with Crippen molar-refractivity contribution in [3.05, 3.63) is 29.8 Å². The molecule has 1 aromatic carbocycles. The van der Waals surface area contributed by atoms with Crippen LogP contribution in [-0.4, -0.2) is 23.7 Å². The normalized spacial score (nSPS) is 18.9. The smallest absolute Gasteiger partial charge is 0.303 e. The van der Waals surface area contributed by atoms with Gasteiger partial charge < -0.3 is 10.0 Å². The Morgan fingerprint density at radius 3 is 2.95 bits per heavy atom. The van der Waals surface area contributed by atoms with Crippen LogP contribution in [0, 0.1) is 11.3 Å². The first kappa shape index (κ1) is 13.4. The van der Waals surface area contributed by atoms with E-state index in [-0.39, 0.29) is 12.5 Å². The summed E-state index contributed by atoms with van der Waals surface area (Å²) in [5.74, 6) is -0.751. The Labute approximate surface area is 113 Å². The van der Waals surface area contributed by atoms with Crippen LogP contribution >= 0.6 is 0 Å². The number of carboxylic acid groups (broad SMARTS) is 1. The molecule has 2 rings (SSSR count). The second-order valence-corrected chi connectivity index (χ2v) is 4.90. The average molecular weight is 258 g/mol. The molecule has 1 unspecified atom stereocenters. The van der Waals surface area contributed by atoms with E-state index < -0.39 is 5.97 Å². The van der Waals surface area contributed by atoms with E-state index in [2.05, 4.69) is 11.0 Å². The molecule has 1 heterocycles. The van der Waals surface area contributed by atoms with Gasteiger partial charge in [0, 0.05) is 19.0 Å². The van der Waals surface area contributed by atoms with Crippen molar-refractivity contribution < 1.29 is 9.90 Å². The molecule has 1 aromatic rings. The fourth-order valence-electron chi connectivity index (χ4n) is 2.73. The zero-order valence-corrected chi connectivity index (χ0v) is 10.9. The summed E-state index contributed by atoms with van der Waals surface area (Å²) in [6.45, 7) is 0.906. The predicted octanol–water partition coefficient (Wildman–Crippen LogP) is 2.78. The fraction of sp³-hybridized carbons (Fsp3) is 0.467. The molecular weight excluding hydrogens is 240 g/mol. The summed E-state index contributed by atoms with van der Waals surface area (Å²) in [4.78, 5) is 13.0. The zero-order chi connectivity index (χ0) is 13.7. The average Bonchev–Trinajstić information content (AvgIpc) is 2.45. The highest BCUT2D eigenvalue weighted by atomic mass is 16.4. The molecule has 0 spiro atoms. The SMILES string of the molecule is N#Cc1ccccc1N1CCCCC1CCC(=O)O. The molecule has 1 aliphatic rings. The summed E-state index contributed by atoms with van der Waals surface area (Å²) in [5.41, 5.74) is 1.62. The standard InChI is InChI=1S/C15H18N2O2/c16-11-12-5-1-2-7-14(12)17-10-4-3-6-13(17)8-9-15(18)19/h1-2,5,7,13H,3-4,6,8-10H2,(H,18,19). The minimum Gasteiger partial charge on any atom is -0.481 e. The van der Waals surface area contributed by atoms with Crippen LogP contribution in [0.15, 0.2) is 24.3 Å². The van der Waals surface area contributed by atoms with E-state index in [0.29, 0.717) is 12.0 Å². The van der Waals surface area contributed by atoms with Crippen LogP contribution in [0.3, 0.4) is 0 Å². The van der Waals surface area contributed by atoms with Crippen LogP contribution in [0.1, 0.15) is 37.7 Å². The van der Waals surface area contributed by atoms with E-state index >= 15 is 0 Å². The number of nitriles is 1. The first-order valence-corrected chi connectivity index (χ1v) is 6.70. The van der Waals surface area contributed by atoms with Crippen LogP contribution in [0.4, 0.5) is 5.69 Å². The van der Waals surface area contributed by atoms with Crippen molar-refractivity contribution in [3.63, 3.8) is 0 Å². The molecule has 1 aliphatic heterocycles. The highest BCUT2D eigenvalue weighted by molar-refractivity contribution is 5.67. The van der Waals surface area contributed by atoms with E-state index in [1.165, 1.54) is 0 Å². The number of aliphatic carboxylic acids is 1. The van der Waals surface area contributed by atoms with Crippen molar-refractivity contribution in [1.29, 1.82) is 5.26 Å². The van der Waals surface area contributed by atoms with Crippen molar-refractivity contribution >= 4 is 11.7 Å². The van der Waals surface area contributed by atoms with Crippen LogP contribution < -0.4 is 4.90 Å². The predicted molar refractivity (Wildman–Crippen MR) is 73.0 cm³/mol. The fourth-order valence-corrected chi connectivity index (χ4v) is 2.73. The molecule has 0 bridgehead atoms. The quantitative estimate of drug-likeness (QED) is 0.902. The lowest BCUT2D eigenvalue weighted by atomic mass is 9.96. The van der Waals surface area contributed by atoms with Gasteiger partial charge in [0.05, 0.1) is 11.3 Å². The lowest BCUT2D eigenvalue weighted by Crippen LogP contribution is -2.40. The summed E-state index contributed by atoms with van der Waals surface area (Å²) >= 11 is 0. The van der Waals surface area contributed by atoms with Crippen molar-refractivity contribution in [3.8, 4) is 6.07 Å². The summed E-state index contributed by atoms with van der Waals surface area (Å²) in [5, 5.41) is 18.0. The molecule has 1 N–H and O–H groups in total. The molecule has 1 saturated heterocycles. The number of carboxylic acids is 1. The molecule has 0 amide bonds. The second kappa shape index (κ2) is 6.24. The van der Waals surface area contributed by atoms with Crippen molar-refractivity contribution in [2.24, 2.45) is 0 Å². The highest BCUT2D eigenvalue weighted by Crippen LogP contribution is 2.29. The van der Waals surface area contributed by atoms with Gasteiger partial charge >= 0.3 is 5.97 Å². The van der Waals surface area contributed by atoms with Crippen molar-refractivity contribution in [1.82, 2.24) is 0 Å². The minimum absolute atomic E-state index is 0.190. The molecular formula is C15H18N2O2. The number of benzene rings is 1. The third-order valence-electron chi connectivity index (χ3n) is 3.65. The van der Waals surface area contributed by atoms with Crippen LogP contribution in [0.5, 0.6) is 0 Å². The Kier molecular flexibility index (Phi) is 4.40. The number of rotatable bonds is 4. The largest absolute Gasteiger partial charge is 0.481 e. The maximum absolute atomic E-state index is 10.7. The third kappa shape index (κ3) is 3.25. The number of para-hydroxylation sites is 1. The Morgan fingerprint density at radius 1 is 1.42 bits per heavy atom. The van der Waals surface area contributed by atoms with Gasteiger partial charge in [0.15, 0.2) is 0 Å². The summed E-state index contributed by atoms with van der Waals surface area (Å²) in [6, 6.07) is 10.0. The molecule has 1 fully saturated rings. The summed E-state index contributed by atoms with van der Waals surface area (Å²) < 4.78 is 0. The van der Waals surface area contributed by atoms with Gasteiger partial charge in [-0.3, -0.25) is 4.79 Å². The van der Waals surface area contributed by atoms with Gasteiger partial charge in [0.25, 0.3) is 0 Å². The van der Waals surface area contributed by atoms with E-state index in [1.54, 1.807) is 0 Å². The summed E-state index contributed by atoms with van der Waals surface area (Å²) in [6.07, 6.45) is 4.08. The molecule has 100 valence electrons. The van der Waals surface area contributed by atoms with Gasteiger partial charge in [0.2, 0.25) is 0 Å². The highest BCUT2D eigenvalue weighted by Gasteiger charge is 2.24. The minimum atomic E-state index is -0.751. The number of anilines is 1. The lowest BCUT2D eigenvalue weighted by molar-refractivity contribution is -0.137. The third-order valence-corrected chi connectivity index (χ3v) is 3.65. The topological polar surface area (TPSA) is 64.3 Å². The summed E-state index contributed by atoms with van der Waals surface area (Å²) in [7, 11) is 0. The molecule has 4 nitrogen and oxygen atoms in total. The number of hydrogen-bond donors (Lipinski definition) is 1. The Morgan fingerprint density at radius 2 is 2.21 bits per heavy atom. The van der Waals surface area contributed by atoms with Crippen molar-refractivity contribution in [2.75, 3.05) is 11.4 Å². The monoisotopic (exact) mass is 258 g/mol. The van der Waals surface area contributed by atoms with Gasteiger partial charge in [-0.15, -0.1) is 0 Å². The van der Waals surface area contributed by atoms with Gasteiger partial charge in [-0.2, -0.15) is 5.26 Å². The van der Waals surface area contributed by atoms with Gasteiger partial charge in [-0.1, -0.05) is 12.1 Å². The van der Waals surface area contributed by atoms with Gasteiger partial charge in [0.1, 0.15) is 6.07 Å². The number of nitrogens with zero attached hydrogens (tertiary/aromatic N) is 2. The van der Waals surface area contributed by atoms with Crippen LogP contribution in [-0.2, 0) is 4.79 Å². The maximum atomic E-state index is 10.7. The number of carbonyl (C=O) groups is 1. The van der Waals surface area contributed by atoms with Gasteiger partial charge in [-0.05, 0) is 37.8 Å². The molecule has 1 atom stereocenters. The molecule has 0 radical (unpaired) electrons. The van der Waals surface area contributed by atoms with Crippen LogP contribution in [0.2, 0.25) is 0 Å². The Bertz CT molecular complexity index is 493. The molecule has 4 heteroatoms. The molecule has 19 heavy (non-hydrogen) atoms. The van der Waals surface area contributed by atoms with Crippen LogP contribution in [0.25, 0.3) is 0 Å². The first-order chi connectivity index (χ1) is 9.22. The number of hydrogen-bond acceptors (Lipinski definition) is 3. The van der Waals surface area contributed by atoms with E-state index in [9.17, 15) is 10.1 Å². The zero-order valence-electron chi connectivity index (χ0n) is 10.9. The second-order valence-electron chi connectivity index (χ2n) is 4.90.